The maximum absolute atomic E-state index is 11.0. The lowest BCUT2D eigenvalue weighted by atomic mass is 9.79. The first-order valence-electron chi connectivity index (χ1n) is 9.73. The molecular weight excluding hydrogens is 304 g/mol. The second kappa shape index (κ2) is 10.9. The molecule has 140 valence electrons. The van der Waals surface area contributed by atoms with Gasteiger partial charge in [-0.3, -0.25) is 4.79 Å². The van der Waals surface area contributed by atoms with E-state index in [1.54, 1.807) is 0 Å². The maximum Gasteiger partial charge on any atom is 0.306 e. The van der Waals surface area contributed by atoms with Gasteiger partial charge in [0.2, 0.25) is 0 Å². The van der Waals surface area contributed by atoms with Gasteiger partial charge in [-0.1, -0.05) is 46.3 Å². The number of rotatable bonds is 11. The average molecular weight is 341 g/mol. The van der Waals surface area contributed by atoms with E-state index in [4.69, 9.17) is 14.9 Å². The molecule has 0 aliphatic carbocycles. The summed E-state index contributed by atoms with van der Waals surface area (Å²) in [5.74, 6) is 0.0846. The summed E-state index contributed by atoms with van der Waals surface area (Å²) < 4.78 is 0. The zero-order chi connectivity index (χ0) is 18.0. The Morgan fingerprint density at radius 2 is 2.08 bits per heavy atom. The van der Waals surface area contributed by atoms with Crippen LogP contribution in [0, 0.1) is 11.8 Å². The van der Waals surface area contributed by atoms with Gasteiger partial charge in [0, 0.05) is 0 Å². The van der Waals surface area contributed by atoms with E-state index < -0.39 is 5.97 Å². The van der Waals surface area contributed by atoms with Gasteiger partial charge in [-0.25, -0.2) is 9.78 Å². The molecule has 4 heteroatoms. The van der Waals surface area contributed by atoms with Crippen molar-refractivity contribution >= 4 is 5.97 Å². The minimum absolute atomic E-state index is 0.0258. The van der Waals surface area contributed by atoms with E-state index in [0.717, 1.165) is 38.5 Å². The fourth-order valence-corrected chi connectivity index (χ4v) is 3.64. The quantitative estimate of drug-likeness (QED) is 0.397. The number of allylic oxidation sites excluding steroid dienone is 2. The summed E-state index contributed by atoms with van der Waals surface area (Å²) in [5.41, 5.74) is -0.248. The molecule has 0 aromatic rings. The molecule has 1 aliphatic heterocycles. The van der Waals surface area contributed by atoms with Gasteiger partial charge in [0.05, 0.1) is 6.42 Å². The number of carbonyl (C=O) groups is 1. The first-order valence-corrected chi connectivity index (χ1v) is 9.73. The third kappa shape index (κ3) is 6.56. The minimum Gasteiger partial charge on any atom is -0.481 e. The Balaban J connectivity index is 2.57. The predicted octanol–water partition coefficient (Wildman–Crippen LogP) is 5.52. The fourth-order valence-electron chi connectivity index (χ4n) is 3.64. The molecular formula is C20H36O4. The molecule has 4 atom stereocenters. The predicted molar refractivity (Wildman–Crippen MR) is 96.7 cm³/mol. The highest BCUT2D eigenvalue weighted by Crippen LogP contribution is 2.40. The largest absolute Gasteiger partial charge is 0.481 e. The van der Waals surface area contributed by atoms with E-state index in [9.17, 15) is 4.79 Å². The smallest absolute Gasteiger partial charge is 0.306 e. The number of hydrogen-bond donors (Lipinski definition) is 1. The minimum atomic E-state index is -0.820. The number of hydrogen-bond acceptors (Lipinski definition) is 3. The van der Waals surface area contributed by atoms with E-state index in [2.05, 4.69) is 39.8 Å². The van der Waals surface area contributed by atoms with Crippen molar-refractivity contribution in [3.8, 4) is 0 Å². The Labute approximate surface area is 147 Å². The molecule has 1 rings (SSSR count). The van der Waals surface area contributed by atoms with Crippen molar-refractivity contribution in [3.63, 3.8) is 0 Å². The van der Waals surface area contributed by atoms with Crippen LogP contribution in [0.5, 0.6) is 0 Å². The summed E-state index contributed by atoms with van der Waals surface area (Å²) in [6.45, 7) is 8.66. The summed E-state index contributed by atoms with van der Waals surface area (Å²) in [7, 11) is 0. The van der Waals surface area contributed by atoms with Gasteiger partial charge in [-0.15, -0.1) is 0 Å². The van der Waals surface area contributed by atoms with Gasteiger partial charge < -0.3 is 5.11 Å². The first-order chi connectivity index (χ1) is 11.5. The molecule has 0 bridgehead atoms. The van der Waals surface area contributed by atoms with Gasteiger partial charge in [0.1, 0.15) is 11.7 Å². The number of aliphatic carboxylic acids is 1. The van der Waals surface area contributed by atoms with E-state index in [1.165, 1.54) is 12.8 Å². The van der Waals surface area contributed by atoms with Gasteiger partial charge >= 0.3 is 5.97 Å². The Morgan fingerprint density at radius 1 is 1.33 bits per heavy atom. The maximum atomic E-state index is 11.0. The van der Waals surface area contributed by atoms with Crippen LogP contribution in [0.2, 0.25) is 0 Å². The Hall–Kier alpha value is -0.870. The summed E-state index contributed by atoms with van der Waals surface area (Å²) in [4.78, 5) is 22.3. The molecule has 0 spiro atoms. The van der Waals surface area contributed by atoms with Crippen LogP contribution in [0.1, 0.15) is 85.5 Å². The Morgan fingerprint density at radius 3 is 2.62 bits per heavy atom. The molecule has 1 aliphatic rings. The second-order valence-electron chi connectivity index (χ2n) is 7.12. The molecule has 0 radical (unpaired) electrons. The lowest BCUT2D eigenvalue weighted by molar-refractivity contribution is -0.423. The standard InChI is InChI=1S/C20H36O4/c1-5-9-11-16(6-2)12-10-13-20(8-4)15-17(7-3)18(23-24-20)14-19(21)22/h9,11,16-18H,5-8,10,12-15H2,1-4H3,(H,21,22)/b11-9+/t16?,17-,18-,20+/m0/s1. The molecule has 0 aromatic carbocycles. The number of carboxylic acid groups (broad SMARTS) is 1. The van der Waals surface area contributed by atoms with E-state index in [1.807, 2.05) is 0 Å². The zero-order valence-electron chi connectivity index (χ0n) is 15.9. The lowest BCUT2D eigenvalue weighted by Gasteiger charge is -2.42. The van der Waals surface area contributed by atoms with Crippen molar-refractivity contribution in [1.29, 1.82) is 0 Å². The van der Waals surface area contributed by atoms with Crippen LogP contribution in [0.25, 0.3) is 0 Å². The van der Waals surface area contributed by atoms with Crippen molar-refractivity contribution in [3.05, 3.63) is 12.2 Å². The van der Waals surface area contributed by atoms with Crippen LogP contribution in [-0.4, -0.2) is 22.8 Å². The van der Waals surface area contributed by atoms with Gasteiger partial charge in [-0.05, 0) is 56.8 Å². The third-order valence-corrected chi connectivity index (χ3v) is 5.43. The lowest BCUT2D eigenvalue weighted by Crippen LogP contribution is -2.45. The highest BCUT2D eigenvalue weighted by Gasteiger charge is 2.42. The van der Waals surface area contributed by atoms with Gasteiger partial charge in [0.25, 0.3) is 0 Å². The molecule has 1 fully saturated rings. The van der Waals surface area contributed by atoms with Crippen LogP contribution < -0.4 is 0 Å². The van der Waals surface area contributed by atoms with Crippen molar-refractivity contribution in [2.45, 2.75) is 97.2 Å². The summed E-state index contributed by atoms with van der Waals surface area (Å²) in [6.07, 6.45) is 12.6. The molecule has 4 nitrogen and oxygen atoms in total. The highest BCUT2D eigenvalue weighted by molar-refractivity contribution is 5.67. The highest BCUT2D eigenvalue weighted by atomic mass is 17.2. The molecule has 0 amide bonds. The van der Waals surface area contributed by atoms with Crippen LogP contribution >= 0.6 is 0 Å². The Kier molecular flexibility index (Phi) is 9.60. The average Bonchev–Trinajstić information content (AvgIpc) is 2.58. The van der Waals surface area contributed by atoms with Crippen LogP contribution in [-0.2, 0) is 14.6 Å². The summed E-state index contributed by atoms with van der Waals surface area (Å²) in [5, 5.41) is 9.02. The molecule has 0 aromatic heterocycles. The third-order valence-electron chi connectivity index (χ3n) is 5.43. The summed E-state index contributed by atoms with van der Waals surface area (Å²) in [6, 6.07) is 0. The molecule has 1 unspecified atom stereocenters. The SMILES string of the molecule is CC/C=C/C(CC)CCC[C@]1(CC)C[C@H](CC)[C@H](CC(=O)O)OO1. The first kappa shape index (κ1) is 21.2. The van der Waals surface area contributed by atoms with Crippen molar-refractivity contribution < 1.29 is 19.7 Å². The van der Waals surface area contributed by atoms with Crippen molar-refractivity contribution in [1.82, 2.24) is 0 Å². The van der Waals surface area contributed by atoms with E-state index >= 15 is 0 Å². The second-order valence-corrected chi connectivity index (χ2v) is 7.12. The van der Waals surface area contributed by atoms with Crippen LogP contribution in [0.3, 0.4) is 0 Å². The monoisotopic (exact) mass is 340 g/mol. The molecule has 1 N–H and O–H groups in total. The van der Waals surface area contributed by atoms with Crippen molar-refractivity contribution in [2.24, 2.45) is 11.8 Å². The van der Waals surface area contributed by atoms with E-state index in [-0.39, 0.29) is 24.0 Å². The van der Waals surface area contributed by atoms with Crippen molar-refractivity contribution in [2.75, 3.05) is 0 Å². The summed E-state index contributed by atoms with van der Waals surface area (Å²) >= 11 is 0. The number of carboxylic acids is 1. The zero-order valence-corrected chi connectivity index (χ0v) is 15.9. The Bertz CT molecular complexity index is 393. The fraction of sp³-hybridized carbons (Fsp3) is 0.850. The molecule has 0 saturated carbocycles. The molecule has 24 heavy (non-hydrogen) atoms. The molecule has 1 heterocycles. The van der Waals surface area contributed by atoms with Crippen LogP contribution in [0.15, 0.2) is 12.2 Å². The topological polar surface area (TPSA) is 55.8 Å². The van der Waals surface area contributed by atoms with E-state index in [0.29, 0.717) is 5.92 Å². The van der Waals surface area contributed by atoms with Gasteiger partial charge in [-0.2, -0.15) is 0 Å². The molecule has 1 saturated heterocycles. The normalized spacial score (nSPS) is 29.0. The van der Waals surface area contributed by atoms with Gasteiger partial charge in [0.15, 0.2) is 0 Å². The van der Waals surface area contributed by atoms with Crippen LogP contribution in [0.4, 0.5) is 0 Å².